The van der Waals surface area contributed by atoms with Crippen LogP contribution in [0, 0.1) is 0 Å². The molecular formula is C12H27NO. The summed E-state index contributed by atoms with van der Waals surface area (Å²) < 4.78 is 0. The normalized spacial score (nSPS) is 13.9. The Morgan fingerprint density at radius 3 is 2.21 bits per heavy atom. The van der Waals surface area contributed by atoms with Crippen LogP contribution in [0.25, 0.3) is 0 Å². The largest absolute Gasteiger partial charge is 0.393 e. The lowest BCUT2D eigenvalue weighted by atomic mass is 10.1. The second kappa shape index (κ2) is 8.25. The summed E-state index contributed by atoms with van der Waals surface area (Å²) >= 11 is 0. The number of aliphatic hydroxyl groups excluding tert-OH is 1. The van der Waals surface area contributed by atoms with Crippen molar-refractivity contribution in [3.63, 3.8) is 0 Å². The molecule has 0 aliphatic rings. The van der Waals surface area contributed by atoms with E-state index in [2.05, 4.69) is 25.7 Å². The third kappa shape index (κ3) is 6.39. The first-order valence-electron chi connectivity index (χ1n) is 6.03. The van der Waals surface area contributed by atoms with Crippen LogP contribution < -0.4 is 0 Å². The van der Waals surface area contributed by atoms with E-state index in [1.807, 2.05) is 6.92 Å². The Morgan fingerprint density at radius 1 is 1.14 bits per heavy atom. The second-order valence-electron chi connectivity index (χ2n) is 4.33. The van der Waals surface area contributed by atoms with Crippen LogP contribution in [0.5, 0.6) is 0 Å². The highest BCUT2D eigenvalue weighted by molar-refractivity contribution is 4.63. The predicted octanol–water partition coefficient (Wildman–Crippen LogP) is 2.66. The highest BCUT2D eigenvalue weighted by atomic mass is 16.3. The first-order valence-corrected chi connectivity index (χ1v) is 6.03. The highest BCUT2D eigenvalue weighted by Crippen LogP contribution is 2.06. The highest BCUT2D eigenvalue weighted by Gasteiger charge is 2.08. The average molecular weight is 201 g/mol. The molecule has 0 aliphatic carbocycles. The van der Waals surface area contributed by atoms with Crippen LogP contribution in [0.2, 0.25) is 0 Å². The van der Waals surface area contributed by atoms with Crippen molar-refractivity contribution >= 4 is 0 Å². The lowest BCUT2D eigenvalue weighted by Crippen LogP contribution is -2.32. The molecule has 2 nitrogen and oxygen atoms in total. The summed E-state index contributed by atoms with van der Waals surface area (Å²) in [5.74, 6) is 0. The van der Waals surface area contributed by atoms with Crippen molar-refractivity contribution in [2.75, 3.05) is 13.1 Å². The summed E-state index contributed by atoms with van der Waals surface area (Å²) in [6.45, 7) is 11.0. The molecule has 14 heavy (non-hydrogen) atoms. The standard InChI is InChI=1S/C12H27NO/c1-5-9-13(11(3)4)10-7-8-12(14)6-2/h11-12,14H,5-10H2,1-4H3. The fourth-order valence-electron chi connectivity index (χ4n) is 1.65. The average Bonchev–Trinajstić information content (AvgIpc) is 2.16. The number of rotatable bonds is 8. The summed E-state index contributed by atoms with van der Waals surface area (Å²) in [5.41, 5.74) is 0. The van der Waals surface area contributed by atoms with Gasteiger partial charge in [-0.3, -0.25) is 0 Å². The van der Waals surface area contributed by atoms with E-state index in [4.69, 9.17) is 0 Å². The van der Waals surface area contributed by atoms with Crippen LogP contribution in [-0.4, -0.2) is 35.2 Å². The van der Waals surface area contributed by atoms with Crippen molar-refractivity contribution in [1.82, 2.24) is 4.90 Å². The van der Waals surface area contributed by atoms with Gasteiger partial charge in [-0.2, -0.15) is 0 Å². The molecule has 0 radical (unpaired) electrons. The minimum atomic E-state index is -0.0920. The van der Waals surface area contributed by atoms with Crippen LogP contribution in [0.1, 0.15) is 53.4 Å². The summed E-state index contributed by atoms with van der Waals surface area (Å²) in [4.78, 5) is 2.49. The maximum atomic E-state index is 9.42. The van der Waals surface area contributed by atoms with E-state index < -0.39 is 0 Å². The van der Waals surface area contributed by atoms with Gasteiger partial charge in [0.05, 0.1) is 6.10 Å². The van der Waals surface area contributed by atoms with Crippen LogP contribution in [0.4, 0.5) is 0 Å². The first-order chi connectivity index (χ1) is 6.61. The summed E-state index contributed by atoms with van der Waals surface area (Å²) in [6.07, 6.45) is 4.08. The molecule has 0 aromatic heterocycles. The third-order valence-electron chi connectivity index (χ3n) is 2.70. The summed E-state index contributed by atoms with van der Waals surface area (Å²) in [6, 6.07) is 0.633. The Labute approximate surface area is 89.3 Å². The van der Waals surface area contributed by atoms with E-state index in [1.54, 1.807) is 0 Å². The third-order valence-corrected chi connectivity index (χ3v) is 2.70. The Bertz CT molecular complexity index is 125. The van der Waals surface area contributed by atoms with Crippen molar-refractivity contribution < 1.29 is 5.11 Å². The summed E-state index contributed by atoms with van der Waals surface area (Å²) in [5, 5.41) is 9.42. The van der Waals surface area contributed by atoms with Gasteiger partial charge >= 0.3 is 0 Å². The summed E-state index contributed by atoms with van der Waals surface area (Å²) in [7, 11) is 0. The molecule has 86 valence electrons. The molecule has 1 unspecified atom stereocenters. The topological polar surface area (TPSA) is 23.5 Å². The number of nitrogens with zero attached hydrogens (tertiary/aromatic N) is 1. The molecule has 0 fully saturated rings. The first kappa shape index (κ1) is 13.9. The Kier molecular flexibility index (Phi) is 8.20. The fraction of sp³-hybridized carbons (Fsp3) is 1.00. The molecule has 1 N–H and O–H groups in total. The quantitative estimate of drug-likeness (QED) is 0.652. The smallest absolute Gasteiger partial charge is 0.0538 e. The van der Waals surface area contributed by atoms with Gasteiger partial charge in [-0.1, -0.05) is 13.8 Å². The molecule has 0 spiro atoms. The Morgan fingerprint density at radius 2 is 1.79 bits per heavy atom. The zero-order valence-electron chi connectivity index (χ0n) is 10.3. The number of hydrogen-bond acceptors (Lipinski definition) is 2. The van der Waals surface area contributed by atoms with Gasteiger partial charge in [0.2, 0.25) is 0 Å². The van der Waals surface area contributed by atoms with Gasteiger partial charge in [0.25, 0.3) is 0 Å². The lowest BCUT2D eigenvalue weighted by molar-refractivity contribution is 0.143. The number of aliphatic hydroxyl groups is 1. The molecule has 2 heteroatoms. The van der Waals surface area contributed by atoms with E-state index in [1.165, 1.54) is 13.0 Å². The minimum absolute atomic E-state index is 0.0920. The van der Waals surface area contributed by atoms with Gasteiger partial charge in [0.1, 0.15) is 0 Å². The van der Waals surface area contributed by atoms with Gasteiger partial charge in [-0.25, -0.2) is 0 Å². The van der Waals surface area contributed by atoms with E-state index in [0.717, 1.165) is 25.8 Å². The van der Waals surface area contributed by atoms with Crippen molar-refractivity contribution in [3.05, 3.63) is 0 Å². The van der Waals surface area contributed by atoms with Gasteiger partial charge in [-0.05, 0) is 52.6 Å². The molecule has 0 aromatic carbocycles. The molecule has 0 saturated carbocycles. The molecule has 0 rings (SSSR count). The maximum absolute atomic E-state index is 9.42. The molecule has 0 aliphatic heterocycles. The van der Waals surface area contributed by atoms with Crippen molar-refractivity contribution in [1.29, 1.82) is 0 Å². The molecule has 0 amide bonds. The van der Waals surface area contributed by atoms with Crippen LogP contribution >= 0.6 is 0 Å². The molecule has 1 atom stereocenters. The van der Waals surface area contributed by atoms with Crippen LogP contribution in [-0.2, 0) is 0 Å². The van der Waals surface area contributed by atoms with Crippen molar-refractivity contribution in [2.24, 2.45) is 0 Å². The zero-order chi connectivity index (χ0) is 11.0. The van der Waals surface area contributed by atoms with E-state index in [0.29, 0.717) is 6.04 Å². The Hall–Kier alpha value is -0.0800. The van der Waals surface area contributed by atoms with Gasteiger partial charge in [0.15, 0.2) is 0 Å². The van der Waals surface area contributed by atoms with E-state index in [9.17, 15) is 5.11 Å². The molecule has 0 aromatic rings. The predicted molar refractivity (Wildman–Crippen MR) is 62.5 cm³/mol. The Balaban J connectivity index is 3.60. The van der Waals surface area contributed by atoms with Crippen LogP contribution in [0.3, 0.4) is 0 Å². The van der Waals surface area contributed by atoms with Gasteiger partial charge < -0.3 is 10.0 Å². The monoisotopic (exact) mass is 201 g/mol. The van der Waals surface area contributed by atoms with E-state index in [-0.39, 0.29) is 6.10 Å². The fourth-order valence-corrected chi connectivity index (χ4v) is 1.65. The SMILES string of the molecule is CCCN(CCCC(O)CC)C(C)C. The second-order valence-corrected chi connectivity index (χ2v) is 4.33. The lowest BCUT2D eigenvalue weighted by Gasteiger charge is -2.26. The molecule has 0 saturated heterocycles. The number of hydrogen-bond donors (Lipinski definition) is 1. The van der Waals surface area contributed by atoms with Crippen LogP contribution in [0.15, 0.2) is 0 Å². The molecule has 0 bridgehead atoms. The zero-order valence-corrected chi connectivity index (χ0v) is 10.3. The maximum Gasteiger partial charge on any atom is 0.0538 e. The van der Waals surface area contributed by atoms with Crippen molar-refractivity contribution in [2.45, 2.75) is 65.5 Å². The minimum Gasteiger partial charge on any atom is -0.393 e. The van der Waals surface area contributed by atoms with E-state index >= 15 is 0 Å². The van der Waals surface area contributed by atoms with Crippen molar-refractivity contribution in [3.8, 4) is 0 Å². The van der Waals surface area contributed by atoms with Gasteiger partial charge in [0, 0.05) is 6.04 Å². The molecular weight excluding hydrogens is 174 g/mol. The van der Waals surface area contributed by atoms with Gasteiger partial charge in [-0.15, -0.1) is 0 Å². The molecule has 0 heterocycles.